The minimum atomic E-state index is -6.01. The Balaban J connectivity index is 0.00000256. The van der Waals surface area contributed by atoms with Gasteiger partial charge in [-0.3, -0.25) is 0 Å². The maximum atomic E-state index is 12.5. The Kier molecular flexibility index (Phi) is 4.29. The molecule has 1 rings (SSSR count). The number of halogens is 8. The van der Waals surface area contributed by atoms with Crippen LogP contribution in [0.1, 0.15) is 11.4 Å². The molecule has 0 aliphatic heterocycles. The fourth-order valence-electron chi connectivity index (χ4n) is 0.732. The first-order valence-electron chi connectivity index (χ1n) is 3.49. The van der Waals surface area contributed by atoms with Gasteiger partial charge in [-0.15, -0.1) is 0 Å². The zero-order chi connectivity index (χ0) is 12.8. The van der Waals surface area contributed by atoms with Crippen LogP contribution >= 0.6 is 0 Å². The normalized spacial score (nSPS) is 13.4. The number of rotatable bonds is 1. The Bertz CT molecular complexity index is 378. The molecule has 17 heavy (non-hydrogen) atoms. The Labute approximate surface area is 101 Å². The second-order valence-electron chi connectivity index (χ2n) is 2.68. The van der Waals surface area contributed by atoms with Gasteiger partial charge >= 0.3 is 37.1 Å². The number of hydrogen-bond donors (Lipinski definition) is 0. The van der Waals surface area contributed by atoms with Gasteiger partial charge in [0, 0.05) is 0 Å². The van der Waals surface area contributed by atoms with Gasteiger partial charge in [0.1, 0.15) is 5.69 Å². The Morgan fingerprint density at radius 3 is 1.71 bits per heavy atom. The van der Waals surface area contributed by atoms with Crippen LogP contribution in [0.15, 0.2) is 6.07 Å². The molecule has 92 valence electrons. The van der Waals surface area contributed by atoms with Gasteiger partial charge in [-0.25, -0.2) is 0 Å². The molecular formula is C6HF8LiN2. The van der Waals surface area contributed by atoms with Gasteiger partial charge in [0.2, 0.25) is 0 Å². The monoisotopic (exact) mass is 260 g/mol. The van der Waals surface area contributed by atoms with Crippen molar-refractivity contribution in [2.45, 2.75) is 18.3 Å². The van der Waals surface area contributed by atoms with E-state index in [1.807, 2.05) is 0 Å². The first-order valence-corrected chi connectivity index (χ1v) is 3.49. The van der Waals surface area contributed by atoms with Gasteiger partial charge in [0.25, 0.3) is 0 Å². The first-order chi connectivity index (χ1) is 6.96. The Hall–Kier alpha value is -0.753. The second kappa shape index (κ2) is 4.49. The van der Waals surface area contributed by atoms with Crippen LogP contribution in [0.3, 0.4) is 0 Å². The predicted octanol–water partition coefficient (Wildman–Crippen LogP) is -0.284. The van der Waals surface area contributed by atoms with Crippen LogP contribution in [-0.4, -0.2) is 11.3 Å². The average Bonchev–Trinajstić information content (AvgIpc) is 2.47. The molecule has 0 unspecified atom stereocenters. The summed E-state index contributed by atoms with van der Waals surface area (Å²) in [7, 11) is 0. The first kappa shape index (κ1) is 16.2. The van der Waals surface area contributed by atoms with Crippen molar-refractivity contribution >= 4 is 0 Å². The molecule has 0 N–H and O–H groups in total. The van der Waals surface area contributed by atoms with Crippen LogP contribution in [0, 0.1) is 0 Å². The summed E-state index contributed by atoms with van der Waals surface area (Å²) in [6.07, 6.45) is -11.1. The van der Waals surface area contributed by atoms with Gasteiger partial charge in [-0.05, 0) is 6.07 Å². The minimum absolute atomic E-state index is 0. The SMILES string of the molecule is FC(F)(F)c1cc(C(F)(F)C(F)(F)F)[n-]n1.[Li+]. The third kappa shape index (κ3) is 3.13. The van der Waals surface area contributed by atoms with E-state index in [2.05, 4.69) is 10.2 Å². The van der Waals surface area contributed by atoms with E-state index in [-0.39, 0.29) is 18.9 Å². The van der Waals surface area contributed by atoms with Crippen molar-refractivity contribution in [3.05, 3.63) is 17.5 Å². The smallest absolute Gasteiger partial charge is 0.573 e. The molecule has 2 nitrogen and oxygen atoms in total. The molecular weight excluding hydrogens is 259 g/mol. The zero-order valence-electron chi connectivity index (χ0n) is 8.00. The molecule has 0 aromatic carbocycles. The van der Waals surface area contributed by atoms with Gasteiger partial charge in [-0.2, -0.15) is 35.1 Å². The molecule has 1 aromatic heterocycles. The Morgan fingerprint density at radius 1 is 0.941 bits per heavy atom. The molecule has 0 spiro atoms. The molecule has 11 heteroatoms. The third-order valence-electron chi connectivity index (χ3n) is 1.51. The van der Waals surface area contributed by atoms with Crippen molar-refractivity contribution in [2.75, 3.05) is 0 Å². The van der Waals surface area contributed by atoms with Crippen LogP contribution in [-0.2, 0) is 12.1 Å². The molecule has 1 aromatic rings. The van der Waals surface area contributed by atoms with Crippen LogP contribution in [0.25, 0.3) is 0 Å². The van der Waals surface area contributed by atoms with E-state index >= 15 is 0 Å². The maximum absolute atomic E-state index is 12.5. The molecule has 1 heterocycles. The van der Waals surface area contributed by atoms with Gasteiger partial charge in [0.15, 0.2) is 0 Å². The number of aromatic nitrogens is 2. The molecule has 0 atom stereocenters. The molecule has 0 amide bonds. The molecule has 0 radical (unpaired) electrons. The molecule has 0 aliphatic rings. The second-order valence-corrected chi connectivity index (χ2v) is 2.68. The van der Waals surface area contributed by atoms with Crippen molar-refractivity contribution in [1.29, 1.82) is 0 Å². The molecule has 0 saturated carbocycles. The maximum Gasteiger partial charge on any atom is 1.00 e. The summed E-state index contributed by atoms with van der Waals surface area (Å²) in [5, 5.41) is 4.39. The van der Waals surface area contributed by atoms with Gasteiger partial charge < -0.3 is 10.2 Å². The zero-order valence-corrected chi connectivity index (χ0v) is 8.00. The summed E-state index contributed by atoms with van der Waals surface area (Å²) in [4.78, 5) is 0. The molecule has 0 saturated heterocycles. The molecule has 0 fully saturated rings. The van der Waals surface area contributed by atoms with Crippen molar-refractivity contribution < 1.29 is 54.0 Å². The summed E-state index contributed by atoms with van der Waals surface area (Å²) < 4.78 is 95.7. The van der Waals surface area contributed by atoms with E-state index in [1.165, 1.54) is 0 Å². The summed E-state index contributed by atoms with van der Waals surface area (Å²) in [6, 6.07) is -0.437. The molecule has 0 aliphatic carbocycles. The van der Waals surface area contributed by atoms with Crippen molar-refractivity contribution in [3.8, 4) is 0 Å². The van der Waals surface area contributed by atoms with E-state index in [0.717, 1.165) is 0 Å². The molecule has 0 bridgehead atoms. The fourth-order valence-corrected chi connectivity index (χ4v) is 0.732. The summed E-state index contributed by atoms with van der Waals surface area (Å²) in [6.45, 7) is 0. The average molecular weight is 260 g/mol. The van der Waals surface area contributed by atoms with Crippen LogP contribution in [0.4, 0.5) is 35.1 Å². The van der Waals surface area contributed by atoms with Crippen LogP contribution < -0.4 is 24.0 Å². The van der Waals surface area contributed by atoms with Crippen molar-refractivity contribution in [1.82, 2.24) is 10.2 Å². The standard InChI is InChI=1S/C6HF8N2.Li/c7-4(8,6(12,13)14)2-1-3(16-15-2)5(9,10)11;/h1H;/q-1;+1. The van der Waals surface area contributed by atoms with E-state index < -0.39 is 35.7 Å². The number of nitrogens with zero attached hydrogens (tertiary/aromatic N) is 2. The quantitative estimate of drug-likeness (QED) is 0.512. The third-order valence-corrected chi connectivity index (χ3v) is 1.51. The van der Waals surface area contributed by atoms with E-state index in [4.69, 9.17) is 0 Å². The van der Waals surface area contributed by atoms with E-state index in [9.17, 15) is 35.1 Å². The van der Waals surface area contributed by atoms with Crippen LogP contribution in [0.2, 0.25) is 0 Å². The van der Waals surface area contributed by atoms with Crippen molar-refractivity contribution in [3.63, 3.8) is 0 Å². The summed E-state index contributed by atoms with van der Waals surface area (Å²) in [5.41, 5.74) is -3.97. The van der Waals surface area contributed by atoms with Crippen molar-refractivity contribution in [2.24, 2.45) is 0 Å². The van der Waals surface area contributed by atoms with Crippen LogP contribution in [0.5, 0.6) is 0 Å². The predicted molar refractivity (Wildman–Crippen MR) is 32.5 cm³/mol. The topological polar surface area (TPSA) is 27.0 Å². The van der Waals surface area contributed by atoms with E-state index in [1.54, 1.807) is 0 Å². The number of alkyl halides is 8. The van der Waals surface area contributed by atoms with Gasteiger partial charge in [-0.1, -0.05) is 5.69 Å². The Morgan fingerprint density at radius 2 is 1.41 bits per heavy atom. The number of hydrogen-bond acceptors (Lipinski definition) is 1. The summed E-state index contributed by atoms with van der Waals surface area (Å²) >= 11 is 0. The minimum Gasteiger partial charge on any atom is -0.573 e. The van der Waals surface area contributed by atoms with E-state index in [0.29, 0.717) is 0 Å². The fraction of sp³-hybridized carbons (Fsp3) is 0.500. The summed E-state index contributed by atoms with van der Waals surface area (Å²) in [5.74, 6) is -5.45. The largest absolute Gasteiger partial charge is 1.00 e. The van der Waals surface area contributed by atoms with Gasteiger partial charge in [0.05, 0.1) is 0 Å².